The van der Waals surface area contributed by atoms with Gasteiger partial charge in [0.2, 0.25) is 0 Å². The number of rotatable bonds is 3. The number of furan rings is 1. The van der Waals surface area contributed by atoms with Gasteiger partial charge in [-0.25, -0.2) is 0 Å². The van der Waals surface area contributed by atoms with Crippen molar-refractivity contribution in [3.05, 3.63) is 23.5 Å². The average molecular weight is 234 g/mol. The maximum atomic E-state index is 11.9. The minimum atomic E-state index is -0.234. The molecule has 2 aromatic rings. The molecule has 2 rings (SSSR count). The van der Waals surface area contributed by atoms with E-state index in [1.807, 2.05) is 6.92 Å². The lowest BCUT2D eigenvalue weighted by atomic mass is 10.0. The van der Waals surface area contributed by atoms with Gasteiger partial charge in [0, 0.05) is 12.5 Å². The number of carbonyl (C=O) groups excluding carboxylic acids is 1. The van der Waals surface area contributed by atoms with Crippen molar-refractivity contribution in [1.82, 2.24) is 0 Å². The van der Waals surface area contributed by atoms with Crippen LogP contribution in [0, 0.1) is 6.92 Å². The zero-order valence-electron chi connectivity index (χ0n) is 9.78. The van der Waals surface area contributed by atoms with Crippen molar-refractivity contribution in [2.24, 2.45) is 0 Å². The summed E-state index contributed by atoms with van der Waals surface area (Å²) in [6.45, 7) is 3.66. The fraction of sp³-hybridized carbons (Fsp3) is 0.308. The molecular formula is C13H14O4. The van der Waals surface area contributed by atoms with Crippen LogP contribution in [0.4, 0.5) is 0 Å². The first kappa shape index (κ1) is 11.5. The van der Waals surface area contributed by atoms with Gasteiger partial charge in [-0.1, -0.05) is 6.92 Å². The summed E-state index contributed by atoms with van der Waals surface area (Å²) in [5, 5.41) is 20.0. The highest BCUT2D eigenvalue weighted by Crippen LogP contribution is 2.38. The van der Waals surface area contributed by atoms with Gasteiger partial charge in [0.15, 0.2) is 11.4 Å². The highest BCUT2D eigenvalue weighted by atomic mass is 16.3. The lowest BCUT2D eigenvalue weighted by Gasteiger charge is -2.05. The van der Waals surface area contributed by atoms with Crippen LogP contribution in [0.15, 0.2) is 16.7 Å². The number of hydrogen-bond acceptors (Lipinski definition) is 4. The van der Waals surface area contributed by atoms with E-state index in [-0.39, 0.29) is 28.4 Å². The van der Waals surface area contributed by atoms with Crippen LogP contribution in [-0.2, 0) is 0 Å². The Kier molecular flexibility index (Phi) is 2.79. The lowest BCUT2D eigenvalue weighted by molar-refractivity contribution is 0.0980. The Hall–Kier alpha value is -1.97. The van der Waals surface area contributed by atoms with E-state index >= 15 is 0 Å². The van der Waals surface area contributed by atoms with Crippen LogP contribution in [-0.4, -0.2) is 16.0 Å². The first-order valence-electron chi connectivity index (χ1n) is 5.52. The summed E-state index contributed by atoms with van der Waals surface area (Å²) < 4.78 is 5.27. The number of Topliss-reactive ketones (excluding diaryl/α,β-unsaturated/α-hetero) is 1. The summed E-state index contributed by atoms with van der Waals surface area (Å²) in [4.78, 5) is 11.9. The molecule has 0 radical (unpaired) electrons. The van der Waals surface area contributed by atoms with Crippen molar-refractivity contribution in [3.63, 3.8) is 0 Å². The number of phenols is 2. The topological polar surface area (TPSA) is 70.7 Å². The molecule has 0 saturated carbocycles. The molecule has 0 aliphatic rings. The molecule has 1 aromatic carbocycles. The number of fused-ring (bicyclic) bond motifs is 1. The van der Waals surface area contributed by atoms with Gasteiger partial charge < -0.3 is 14.6 Å². The van der Waals surface area contributed by atoms with Crippen LogP contribution in [0.2, 0.25) is 0 Å². The molecule has 1 heterocycles. The van der Waals surface area contributed by atoms with E-state index < -0.39 is 0 Å². The SMILES string of the molecule is CCCC(=O)c1c(O)cc(O)c2c(C)coc12. The molecule has 17 heavy (non-hydrogen) atoms. The van der Waals surface area contributed by atoms with Crippen LogP contribution in [0.3, 0.4) is 0 Å². The highest BCUT2D eigenvalue weighted by Gasteiger charge is 2.21. The van der Waals surface area contributed by atoms with E-state index in [0.29, 0.717) is 18.2 Å². The fourth-order valence-corrected chi connectivity index (χ4v) is 1.96. The average Bonchev–Trinajstić information content (AvgIpc) is 2.61. The van der Waals surface area contributed by atoms with Crippen LogP contribution < -0.4 is 0 Å². The normalized spacial score (nSPS) is 10.9. The number of hydrogen-bond donors (Lipinski definition) is 2. The predicted molar refractivity (Wildman–Crippen MR) is 63.5 cm³/mol. The second-order valence-corrected chi connectivity index (χ2v) is 4.09. The van der Waals surface area contributed by atoms with E-state index in [2.05, 4.69) is 0 Å². The van der Waals surface area contributed by atoms with Crippen molar-refractivity contribution in [3.8, 4) is 11.5 Å². The van der Waals surface area contributed by atoms with Crippen LogP contribution in [0.1, 0.15) is 35.7 Å². The molecule has 0 unspecified atom stereocenters. The third-order valence-corrected chi connectivity index (χ3v) is 2.74. The number of aryl methyl sites for hydroxylation is 1. The predicted octanol–water partition coefficient (Wildman–Crippen LogP) is 3.14. The van der Waals surface area contributed by atoms with Crippen molar-refractivity contribution in [2.45, 2.75) is 26.7 Å². The van der Waals surface area contributed by atoms with E-state index in [0.717, 1.165) is 5.56 Å². The summed E-state index contributed by atoms with van der Waals surface area (Å²) in [5.41, 5.74) is 1.16. The Morgan fingerprint density at radius 1 is 1.35 bits per heavy atom. The summed E-state index contributed by atoms with van der Waals surface area (Å²) >= 11 is 0. The molecule has 0 atom stereocenters. The molecular weight excluding hydrogens is 220 g/mol. The Bertz CT molecular complexity index is 581. The van der Waals surface area contributed by atoms with Gasteiger partial charge in [-0.05, 0) is 18.9 Å². The molecule has 0 amide bonds. The highest BCUT2D eigenvalue weighted by molar-refractivity contribution is 6.10. The van der Waals surface area contributed by atoms with Crippen molar-refractivity contribution < 1.29 is 19.4 Å². The molecule has 0 spiro atoms. The van der Waals surface area contributed by atoms with Crippen molar-refractivity contribution in [1.29, 1.82) is 0 Å². The molecule has 0 saturated heterocycles. The van der Waals surface area contributed by atoms with Crippen LogP contribution in [0.5, 0.6) is 11.5 Å². The van der Waals surface area contributed by atoms with Crippen molar-refractivity contribution >= 4 is 16.8 Å². The van der Waals surface area contributed by atoms with E-state index in [9.17, 15) is 15.0 Å². The maximum Gasteiger partial charge on any atom is 0.170 e. The second kappa shape index (κ2) is 4.13. The molecule has 0 aliphatic carbocycles. The fourth-order valence-electron chi connectivity index (χ4n) is 1.96. The second-order valence-electron chi connectivity index (χ2n) is 4.09. The van der Waals surface area contributed by atoms with Gasteiger partial charge in [0.05, 0.1) is 11.6 Å². The molecule has 4 heteroatoms. The van der Waals surface area contributed by atoms with Gasteiger partial charge in [-0.15, -0.1) is 0 Å². The Balaban J connectivity index is 2.74. The van der Waals surface area contributed by atoms with Crippen LogP contribution in [0.25, 0.3) is 11.0 Å². The monoisotopic (exact) mass is 234 g/mol. The summed E-state index contributed by atoms with van der Waals surface area (Å²) in [5.74, 6) is -0.482. The number of ketones is 1. The summed E-state index contributed by atoms with van der Waals surface area (Å²) in [6, 6.07) is 1.19. The standard InChI is InChI=1S/C13H14O4/c1-3-4-8(14)12-10(16)5-9(15)11-7(2)6-17-13(11)12/h5-6,15-16H,3-4H2,1-2H3. The zero-order chi connectivity index (χ0) is 12.6. The van der Waals surface area contributed by atoms with E-state index in [1.54, 1.807) is 6.92 Å². The molecule has 1 aromatic heterocycles. The van der Waals surface area contributed by atoms with Gasteiger partial charge >= 0.3 is 0 Å². The van der Waals surface area contributed by atoms with Gasteiger partial charge in [-0.3, -0.25) is 4.79 Å². The third-order valence-electron chi connectivity index (χ3n) is 2.74. The molecule has 0 fully saturated rings. The Labute approximate surface area is 98.5 Å². The minimum Gasteiger partial charge on any atom is -0.507 e. The van der Waals surface area contributed by atoms with E-state index in [1.165, 1.54) is 12.3 Å². The number of benzene rings is 1. The molecule has 90 valence electrons. The molecule has 0 bridgehead atoms. The molecule has 0 aliphatic heterocycles. The van der Waals surface area contributed by atoms with Gasteiger partial charge in [0.1, 0.15) is 17.1 Å². The quantitative estimate of drug-likeness (QED) is 0.800. The van der Waals surface area contributed by atoms with Crippen LogP contribution >= 0.6 is 0 Å². The largest absolute Gasteiger partial charge is 0.507 e. The number of phenolic OH excluding ortho intramolecular Hbond substituents is 2. The summed E-state index contributed by atoms with van der Waals surface area (Å²) in [7, 11) is 0. The third kappa shape index (κ3) is 1.75. The number of aromatic hydroxyl groups is 2. The lowest BCUT2D eigenvalue weighted by Crippen LogP contribution is -1.99. The Morgan fingerprint density at radius 3 is 2.71 bits per heavy atom. The molecule has 2 N–H and O–H groups in total. The van der Waals surface area contributed by atoms with Gasteiger partial charge in [-0.2, -0.15) is 0 Å². The first-order valence-corrected chi connectivity index (χ1v) is 5.52. The first-order chi connectivity index (χ1) is 8.06. The molecule has 4 nitrogen and oxygen atoms in total. The van der Waals surface area contributed by atoms with Gasteiger partial charge in [0.25, 0.3) is 0 Å². The summed E-state index contributed by atoms with van der Waals surface area (Å²) in [6.07, 6.45) is 2.50. The smallest absolute Gasteiger partial charge is 0.170 e. The number of carbonyl (C=O) groups is 1. The minimum absolute atomic E-state index is 0.0724. The zero-order valence-corrected chi connectivity index (χ0v) is 9.78. The van der Waals surface area contributed by atoms with Crippen molar-refractivity contribution in [2.75, 3.05) is 0 Å². The Morgan fingerprint density at radius 2 is 2.06 bits per heavy atom. The van der Waals surface area contributed by atoms with E-state index in [4.69, 9.17) is 4.42 Å². The maximum absolute atomic E-state index is 11.9.